The van der Waals surface area contributed by atoms with Crippen molar-refractivity contribution in [3.8, 4) is 0 Å². The molecule has 0 saturated heterocycles. The second-order valence-corrected chi connectivity index (χ2v) is 7.40. The van der Waals surface area contributed by atoms with E-state index >= 15 is 0 Å². The van der Waals surface area contributed by atoms with Gasteiger partial charge in [-0.2, -0.15) is 5.10 Å². The fourth-order valence-corrected chi connectivity index (χ4v) is 3.65. The van der Waals surface area contributed by atoms with E-state index in [-0.39, 0.29) is 23.4 Å². The molecule has 0 radical (unpaired) electrons. The number of nitrogens with one attached hydrogen (secondary N) is 2. The van der Waals surface area contributed by atoms with Crippen LogP contribution in [0.4, 0.5) is 11.5 Å². The van der Waals surface area contributed by atoms with Gasteiger partial charge in [0.25, 0.3) is 5.91 Å². The molecule has 0 unspecified atom stereocenters. The summed E-state index contributed by atoms with van der Waals surface area (Å²) < 4.78 is 3.48. The monoisotopic (exact) mass is 392 g/mol. The van der Waals surface area contributed by atoms with Crippen molar-refractivity contribution in [2.75, 3.05) is 10.6 Å². The largest absolute Gasteiger partial charge is 0.333 e. The van der Waals surface area contributed by atoms with Gasteiger partial charge in [-0.05, 0) is 30.5 Å². The molecule has 1 aliphatic rings. The first kappa shape index (κ1) is 18.9. The minimum atomic E-state index is -0.318. The van der Waals surface area contributed by atoms with Gasteiger partial charge in [-0.3, -0.25) is 14.3 Å². The fourth-order valence-electron chi connectivity index (χ4n) is 3.65. The Morgan fingerprint density at radius 2 is 2.00 bits per heavy atom. The van der Waals surface area contributed by atoms with E-state index in [0.29, 0.717) is 18.1 Å². The number of aryl methyl sites for hydroxylation is 1. The number of carbonyl (C=O) groups is 2. The van der Waals surface area contributed by atoms with E-state index in [1.54, 1.807) is 25.6 Å². The Morgan fingerprint density at radius 3 is 2.76 bits per heavy atom. The van der Waals surface area contributed by atoms with E-state index < -0.39 is 0 Å². The zero-order valence-electron chi connectivity index (χ0n) is 16.3. The quantitative estimate of drug-likeness (QED) is 0.674. The van der Waals surface area contributed by atoms with Crippen LogP contribution in [-0.2, 0) is 18.4 Å². The lowest BCUT2D eigenvalue weighted by Gasteiger charge is -2.09. The van der Waals surface area contributed by atoms with Crippen LogP contribution in [0.3, 0.4) is 0 Å². The lowest BCUT2D eigenvalue weighted by atomic mass is 10.1. The highest BCUT2D eigenvalue weighted by Gasteiger charge is 2.24. The minimum absolute atomic E-state index is 0.00432. The standard InChI is InChI=1S/C21H24N6O2/c1-26-19(24-20(28)16-6-2-3-7-16)12-18(25-26)21(29)23-17-8-4-5-15(11-17)13-27-10-9-22-14-27/h4-5,8-12,14,16H,2-3,6-7,13H2,1H3,(H,23,29)(H,24,28). The molecular weight excluding hydrogens is 368 g/mol. The molecule has 2 N–H and O–H groups in total. The number of benzene rings is 1. The van der Waals surface area contributed by atoms with Crippen molar-refractivity contribution in [3.05, 3.63) is 60.3 Å². The van der Waals surface area contributed by atoms with E-state index in [4.69, 9.17) is 0 Å². The molecule has 1 fully saturated rings. The molecule has 1 aliphatic carbocycles. The van der Waals surface area contributed by atoms with E-state index in [1.807, 2.05) is 35.0 Å². The van der Waals surface area contributed by atoms with Gasteiger partial charge in [0.2, 0.25) is 5.91 Å². The normalized spacial score (nSPS) is 14.1. The number of aromatic nitrogens is 4. The number of anilines is 2. The van der Waals surface area contributed by atoms with E-state index in [0.717, 1.165) is 31.2 Å². The summed E-state index contributed by atoms with van der Waals surface area (Å²) in [6.45, 7) is 0.671. The SMILES string of the molecule is Cn1nc(C(=O)Nc2cccc(Cn3ccnc3)c2)cc1NC(=O)C1CCCC1. The Kier molecular flexibility index (Phi) is 5.41. The van der Waals surface area contributed by atoms with Crippen molar-refractivity contribution < 1.29 is 9.59 Å². The van der Waals surface area contributed by atoms with Crippen LogP contribution < -0.4 is 10.6 Å². The summed E-state index contributed by atoms with van der Waals surface area (Å²) in [6.07, 6.45) is 9.41. The highest BCUT2D eigenvalue weighted by Crippen LogP contribution is 2.26. The predicted molar refractivity (Wildman–Crippen MR) is 110 cm³/mol. The number of carbonyl (C=O) groups excluding carboxylic acids is 2. The van der Waals surface area contributed by atoms with Gasteiger partial charge in [0.15, 0.2) is 5.69 Å². The van der Waals surface area contributed by atoms with E-state index in [1.165, 1.54) is 4.68 Å². The van der Waals surface area contributed by atoms with Gasteiger partial charge in [-0.25, -0.2) is 4.98 Å². The Hall–Kier alpha value is -3.42. The number of nitrogens with zero attached hydrogens (tertiary/aromatic N) is 4. The summed E-state index contributed by atoms with van der Waals surface area (Å²) in [5, 5.41) is 10.0. The van der Waals surface area contributed by atoms with Gasteiger partial charge in [0.1, 0.15) is 5.82 Å². The van der Waals surface area contributed by atoms with Gasteiger partial charge in [0.05, 0.1) is 6.33 Å². The van der Waals surface area contributed by atoms with Crippen molar-refractivity contribution in [1.29, 1.82) is 0 Å². The van der Waals surface area contributed by atoms with E-state index in [9.17, 15) is 9.59 Å². The maximum absolute atomic E-state index is 12.6. The molecule has 0 bridgehead atoms. The number of amides is 2. The first-order valence-corrected chi connectivity index (χ1v) is 9.79. The topological polar surface area (TPSA) is 93.8 Å². The van der Waals surface area contributed by atoms with Gasteiger partial charge in [-0.15, -0.1) is 0 Å². The Morgan fingerprint density at radius 1 is 1.17 bits per heavy atom. The highest BCUT2D eigenvalue weighted by atomic mass is 16.2. The maximum Gasteiger partial charge on any atom is 0.276 e. The summed E-state index contributed by atoms with van der Waals surface area (Å²) >= 11 is 0. The zero-order valence-corrected chi connectivity index (χ0v) is 16.3. The third-order valence-electron chi connectivity index (χ3n) is 5.20. The molecule has 29 heavy (non-hydrogen) atoms. The lowest BCUT2D eigenvalue weighted by Crippen LogP contribution is -2.21. The molecular formula is C21H24N6O2. The van der Waals surface area contributed by atoms with Crippen LogP contribution in [-0.4, -0.2) is 31.1 Å². The molecule has 1 aromatic carbocycles. The molecule has 150 valence electrons. The molecule has 0 aliphatic heterocycles. The first-order chi connectivity index (χ1) is 14.1. The van der Waals surface area contributed by atoms with Crippen LogP contribution in [0.5, 0.6) is 0 Å². The molecule has 0 spiro atoms. The summed E-state index contributed by atoms with van der Waals surface area (Å²) in [5.41, 5.74) is 2.00. The molecule has 0 atom stereocenters. The lowest BCUT2D eigenvalue weighted by molar-refractivity contribution is -0.119. The highest BCUT2D eigenvalue weighted by molar-refractivity contribution is 6.04. The molecule has 1 saturated carbocycles. The number of imidazole rings is 1. The van der Waals surface area contributed by atoms with E-state index in [2.05, 4.69) is 20.7 Å². The molecule has 2 aromatic heterocycles. The Labute approximate surface area is 168 Å². The van der Waals surface area contributed by atoms with Crippen molar-refractivity contribution in [2.45, 2.75) is 32.2 Å². The summed E-state index contributed by atoms with van der Waals surface area (Å²) in [7, 11) is 1.72. The van der Waals surface area contributed by atoms with Gasteiger partial charge in [0, 0.05) is 43.7 Å². The summed E-state index contributed by atoms with van der Waals surface area (Å²) in [6, 6.07) is 9.25. The Bertz CT molecular complexity index is 1000. The van der Waals surface area contributed by atoms with Crippen molar-refractivity contribution >= 4 is 23.3 Å². The third-order valence-corrected chi connectivity index (χ3v) is 5.20. The molecule has 4 rings (SSSR count). The number of hydrogen-bond acceptors (Lipinski definition) is 4. The van der Waals surface area contributed by atoms with Crippen LogP contribution in [0.25, 0.3) is 0 Å². The van der Waals surface area contributed by atoms with Crippen molar-refractivity contribution in [2.24, 2.45) is 13.0 Å². The summed E-state index contributed by atoms with van der Waals surface area (Å²) in [5.74, 6) is 0.271. The molecule has 2 heterocycles. The molecule has 2 amide bonds. The fraction of sp³-hybridized carbons (Fsp3) is 0.333. The molecule has 8 heteroatoms. The second-order valence-electron chi connectivity index (χ2n) is 7.40. The average molecular weight is 392 g/mol. The van der Waals surface area contributed by atoms with Crippen molar-refractivity contribution in [1.82, 2.24) is 19.3 Å². The van der Waals surface area contributed by atoms with Gasteiger partial charge >= 0.3 is 0 Å². The second kappa shape index (κ2) is 8.30. The zero-order chi connectivity index (χ0) is 20.2. The minimum Gasteiger partial charge on any atom is -0.333 e. The maximum atomic E-state index is 12.6. The summed E-state index contributed by atoms with van der Waals surface area (Å²) in [4.78, 5) is 29.0. The number of rotatable bonds is 6. The molecule has 8 nitrogen and oxygen atoms in total. The van der Waals surface area contributed by atoms with Crippen LogP contribution >= 0.6 is 0 Å². The van der Waals surface area contributed by atoms with Crippen LogP contribution in [0.15, 0.2) is 49.1 Å². The van der Waals surface area contributed by atoms with Gasteiger partial charge < -0.3 is 15.2 Å². The smallest absolute Gasteiger partial charge is 0.276 e. The average Bonchev–Trinajstić information content (AvgIpc) is 3.45. The predicted octanol–water partition coefficient (Wildman–Crippen LogP) is 3.05. The number of hydrogen-bond donors (Lipinski definition) is 2. The van der Waals surface area contributed by atoms with Gasteiger partial charge in [-0.1, -0.05) is 25.0 Å². The van der Waals surface area contributed by atoms with Crippen LogP contribution in [0.1, 0.15) is 41.7 Å². The first-order valence-electron chi connectivity index (χ1n) is 9.79. The van der Waals surface area contributed by atoms with Crippen molar-refractivity contribution in [3.63, 3.8) is 0 Å². The van der Waals surface area contributed by atoms with Crippen LogP contribution in [0, 0.1) is 5.92 Å². The molecule has 3 aromatic rings. The third kappa shape index (κ3) is 4.53. The van der Waals surface area contributed by atoms with Crippen LogP contribution in [0.2, 0.25) is 0 Å². The Balaban J connectivity index is 1.41.